The summed E-state index contributed by atoms with van der Waals surface area (Å²) in [7, 11) is 1.87. The van der Waals surface area contributed by atoms with E-state index in [2.05, 4.69) is 0 Å². The van der Waals surface area contributed by atoms with Crippen molar-refractivity contribution >= 4 is 21.8 Å². The van der Waals surface area contributed by atoms with Crippen molar-refractivity contribution in [1.29, 1.82) is 0 Å². The van der Waals surface area contributed by atoms with E-state index >= 15 is 0 Å². The standard InChI is InChI=1S/C22H17F3N/c1-12-8-16(25)9-13(2)21(12)22-17-10-14(23)4-6-19(17)26(3)20-7-5-15(24)11-18(20)22/h4-11H,1-3H3/q+1. The zero-order valence-corrected chi connectivity index (χ0v) is 14.7. The second kappa shape index (κ2) is 5.84. The first-order valence-corrected chi connectivity index (χ1v) is 8.34. The molecule has 1 nitrogen and oxygen atoms in total. The van der Waals surface area contributed by atoms with Gasteiger partial charge in [0.05, 0.1) is 10.8 Å². The van der Waals surface area contributed by atoms with E-state index in [1.807, 2.05) is 25.5 Å². The number of aromatic nitrogens is 1. The molecule has 4 aromatic rings. The van der Waals surface area contributed by atoms with Gasteiger partial charge >= 0.3 is 0 Å². The minimum absolute atomic E-state index is 0.323. The number of nitrogens with zero attached hydrogens (tertiary/aromatic N) is 1. The maximum Gasteiger partial charge on any atom is 0.213 e. The molecule has 0 aliphatic rings. The van der Waals surface area contributed by atoms with Crippen molar-refractivity contribution in [3.8, 4) is 11.1 Å². The second-order valence-corrected chi connectivity index (χ2v) is 6.67. The Balaban J connectivity index is 2.31. The third-order valence-corrected chi connectivity index (χ3v) is 4.93. The molecule has 0 aliphatic heterocycles. The largest absolute Gasteiger partial charge is 0.213 e. The van der Waals surface area contributed by atoms with Gasteiger partial charge in [0, 0.05) is 17.7 Å². The number of benzene rings is 3. The molecule has 0 N–H and O–H groups in total. The van der Waals surface area contributed by atoms with E-state index in [1.54, 1.807) is 12.1 Å². The van der Waals surface area contributed by atoms with Gasteiger partial charge in [0.1, 0.15) is 24.5 Å². The lowest BCUT2D eigenvalue weighted by Gasteiger charge is -2.15. The van der Waals surface area contributed by atoms with Crippen LogP contribution in [0.1, 0.15) is 11.1 Å². The lowest BCUT2D eigenvalue weighted by Crippen LogP contribution is -2.30. The summed E-state index contributed by atoms with van der Waals surface area (Å²) in [5, 5.41) is 1.34. The van der Waals surface area contributed by atoms with Crippen molar-refractivity contribution in [2.45, 2.75) is 13.8 Å². The molecular weight excluding hydrogens is 335 g/mol. The van der Waals surface area contributed by atoms with Crippen LogP contribution in [0.25, 0.3) is 32.9 Å². The Morgan fingerprint density at radius 1 is 0.615 bits per heavy atom. The van der Waals surface area contributed by atoms with Crippen LogP contribution in [0.5, 0.6) is 0 Å². The summed E-state index contributed by atoms with van der Waals surface area (Å²) in [5.74, 6) is -1.06. The van der Waals surface area contributed by atoms with Crippen LogP contribution in [-0.2, 0) is 7.05 Å². The number of pyridine rings is 1. The van der Waals surface area contributed by atoms with Gasteiger partial charge in [-0.1, -0.05) is 0 Å². The summed E-state index contributed by atoms with van der Waals surface area (Å²) in [6.45, 7) is 3.63. The Bertz CT molecular complexity index is 1110. The lowest BCUT2D eigenvalue weighted by molar-refractivity contribution is -0.617. The number of rotatable bonds is 1. The van der Waals surface area contributed by atoms with Crippen molar-refractivity contribution in [2.75, 3.05) is 0 Å². The Kier molecular flexibility index (Phi) is 3.72. The van der Waals surface area contributed by atoms with Gasteiger partial charge in [0.25, 0.3) is 0 Å². The summed E-state index contributed by atoms with van der Waals surface area (Å²) in [6.07, 6.45) is 0. The molecule has 0 saturated heterocycles. The molecule has 4 rings (SSSR count). The quantitative estimate of drug-likeness (QED) is 0.314. The summed E-state index contributed by atoms with van der Waals surface area (Å²) >= 11 is 0. The molecule has 3 aromatic carbocycles. The minimum Gasteiger partial charge on any atom is -0.207 e. The smallest absolute Gasteiger partial charge is 0.207 e. The van der Waals surface area contributed by atoms with Crippen molar-refractivity contribution < 1.29 is 17.7 Å². The molecule has 26 heavy (non-hydrogen) atoms. The van der Waals surface area contributed by atoms with Gasteiger partial charge in [-0.2, -0.15) is 4.57 Å². The van der Waals surface area contributed by atoms with Gasteiger partial charge < -0.3 is 0 Å². The average Bonchev–Trinajstić information content (AvgIpc) is 2.56. The van der Waals surface area contributed by atoms with E-state index in [4.69, 9.17) is 0 Å². The SMILES string of the molecule is Cc1cc(F)cc(C)c1-c1c2cc(F)ccc2[n+](C)c2ccc(F)cc12. The molecule has 0 saturated carbocycles. The molecule has 1 aromatic heterocycles. The zero-order valence-electron chi connectivity index (χ0n) is 14.7. The van der Waals surface area contributed by atoms with Crippen molar-refractivity contribution in [3.05, 3.63) is 77.1 Å². The fourth-order valence-electron chi connectivity index (χ4n) is 3.85. The lowest BCUT2D eigenvalue weighted by atomic mass is 9.89. The van der Waals surface area contributed by atoms with Crippen LogP contribution in [-0.4, -0.2) is 0 Å². The Labute approximate surface area is 149 Å². The molecule has 4 heteroatoms. The Morgan fingerprint density at radius 3 is 1.54 bits per heavy atom. The Hall–Kier alpha value is -2.88. The van der Waals surface area contributed by atoms with E-state index in [1.165, 1.54) is 36.4 Å². The zero-order chi connectivity index (χ0) is 18.6. The fourth-order valence-corrected chi connectivity index (χ4v) is 3.85. The monoisotopic (exact) mass is 352 g/mol. The molecule has 0 atom stereocenters. The van der Waals surface area contributed by atoms with E-state index in [9.17, 15) is 13.2 Å². The highest BCUT2D eigenvalue weighted by molar-refractivity contribution is 6.08. The highest BCUT2D eigenvalue weighted by Gasteiger charge is 2.22. The van der Waals surface area contributed by atoms with E-state index in [0.29, 0.717) is 10.8 Å². The maximum absolute atomic E-state index is 14.1. The third-order valence-electron chi connectivity index (χ3n) is 4.93. The predicted molar refractivity (Wildman–Crippen MR) is 97.4 cm³/mol. The molecule has 0 radical (unpaired) electrons. The summed E-state index contributed by atoms with van der Waals surface area (Å²) in [6, 6.07) is 12.1. The van der Waals surface area contributed by atoms with Crippen molar-refractivity contribution in [1.82, 2.24) is 0 Å². The molecule has 0 unspecified atom stereocenters. The average molecular weight is 352 g/mol. The molecule has 0 fully saturated rings. The maximum atomic E-state index is 14.1. The Morgan fingerprint density at radius 2 is 1.08 bits per heavy atom. The topological polar surface area (TPSA) is 3.88 Å². The van der Waals surface area contributed by atoms with Crippen LogP contribution in [0.15, 0.2) is 48.5 Å². The number of hydrogen-bond donors (Lipinski definition) is 0. The van der Waals surface area contributed by atoms with E-state index in [-0.39, 0.29) is 17.5 Å². The normalized spacial score (nSPS) is 11.5. The van der Waals surface area contributed by atoms with Crippen molar-refractivity contribution in [2.24, 2.45) is 7.05 Å². The third kappa shape index (κ3) is 2.45. The molecule has 130 valence electrons. The summed E-state index contributed by atoms with van der Waals surface area (Å²) in [5.41, 5.74) is 4.63. The first kappa shape index (κ1) is 16.6. The molecule has 0 amide bonds. The summed E-state index contributed by atoms with van der Waals surface area (Å²) < 4.78 is 43.9. The van der Waals surface area contributed by atoms with Gasteiger partial charge in [0.15, 0.2) is 0 Å². The van der Waals surface area contributed by atoms with Gasteiger partial charge in [0.2, 0.25) is 11.0 Å². The first-order valence-electron chi connectivity index (χ1n) is 8.34. The van der Waals surface area contributed by atoms with Gasteiger partial charge in [-0.05, 0) is 66.9 Å². The van der Waals surface area contributed by atoms with Gasteiger partial charge in [-0.15, -0.1) is 0 Å². The van der Waals surface area contributed by atoms with E-state index < -0.39 is 0 Å². The van der Waals surface area contributed by atoms with Crippen LogP contribution < -0.4 is 4.57 Å². The summed E-state index contributed by atoms with van der Waals surface area (Å²) in [4.78, 5) is 0. The number of hydrogen-bond acceptors (Lipinski definition) is 0. The minimum atomic E-state index is -0.369. The molecule has 1 heterocycles. The van der Waals surface area contributed by atoms with Gasteiger partial charge in [-0.3, -0.25) is 0 Å². The van der Waals surface area contributed by atoms with Crippen LogP contribution in [0, 0.1) is 31.3 Å². The first-order chi connectivity index (χ1) is 12.4. The van der Waals surface area contributed by atoms with Crippen LogP contribution in [0.3, 0.4) is 0 Å². The van der Waals surface area contributed by atoms with Crippen molar-refractivity contribution in [3.63, 3.8) is 0 Å². The fraction of sp³-hybridized carbons (Fsp3) is 0.136. The highest BCUT2D eigenvalue weighted by atomic mass is 19.1. The number of fused-ring (bicyclic) bond motifs is 2. The predicted octanol–water partition coefficient (Wildman–Crippen LogP) is 5.52. The highest BCUT2D eigenvalue weighted by Crippen LogP contribution is 2.38. The molecular formula is C22H17F3N+. The molecule has 0 aliphatic carbocycles. The van der Waals surface area contributed by atoms with Crippen LogP contribution in [0.4, 0.5) is 13.2 Å². The van der Waals surface area contributed by atoms with Crippen LogP contribution in [0.2, 0.25) is 0 Å². The molecule has 0 spiro atoms. The van der Waals surface area contributed by atoms with Gasteiger partial charge in [-0.25, -0.2) is 13.2 Å². The second-order valence-electron chi connectivity index (χ2n) is 6.67. The van der Waals surface area contributed by atoms with Crippen LogP contribution >= 0.6 is 0 Å². The molecule has 0 bridgehead atoms. The number of halogens is 3. The number of aryl methyl sites for hydroxylation is 3. The van der Waals surface area contributed by atoms with E-state index in [0.717, 1.165) is 33.3 Å².